The highest BCUT2D eigenvalue weighted by Gasteiger charge is 2.30. The molecule has 0 saturated heterocycles. The summed E-state index contributed by atoms with van der Waals surface area (Å²) in [5.41, 5.74) is 6.28. The zero-order chi connectivity index (χ0) is 13.6. The lowest BCUT2D eigenvalue weighted by Gasteiger charge is -2.31. The first kappa shape index (κ1) is 14.6. The van der Waals surface area contributed by atoms with Crippen molar-refractivity contribution >= 4 is 5.91 Å². The van der Waals surface area contributed by atoms with E-state index in [-0.39, 0.29) is 5.91 Å². The number of nitrogens with two attached hydrogens (primary N) is 1. The van der Waals surface area contributed by atoms with Gasteiger partial charge in [-0.15, -0.1) is 0 Å². The number of aromatic nitrogens is 1. The lowest BCUT2D eigenvalue weighted by atomic mass is 9.87. The van der Waals surface area contributed by atoms with Crippen molar-refractivity contribution < 1.29 is 4.79 Å². The van der Waals surface area contributed by atoms with Gasteiger partial charge in [-0.05, 0) is 37.6 Å². The molecule has 0 aliphatic heterocycles. The van der Waals surface area contributed by atoms with E-state index in [1.54, 1.807) is 12.4 Å². The summed E-state index contributed by atoms with van der Waals surface area (Å²) in [6.45, 7) is 7.78. The van der Waals surface area contributed by atoms with Crippen molar-refractivity contribution in [3.63, 3.8) is 0 Å². The summed E-state index contributed by atoms with van der Waals surface area (Å²) in [5.74, 6) is 0.160. The highest BCUT2D eigenvalue weighted by Crippen LogP contribution is 2.23. The van der Waals surface area contributed by atoms with Gasteiger partial charge in [0.05, 0.1) is 0 Å². The highest BCUT2D eigenvalue weighted by molar-refractivity contribution is 5.81. The molecule has 0 radical (unpaired) electrons. The molecule has 1 heterocycles. The average molecular weight is 249 g/mol. The smallest absolute Gasteiger partial charge is 0.228 e. The number of carbonyl (C=O) groups excluding carboxylic acids is 1. The molecule has 0 saturated carbocycles. The van der Waals surface area contributed by atoms with Crippen LogP contribution in [0.25, 0.3) is 0 Å². The maximum Gasteiger partial charge on any atom is 0.228 e. The van der Waals surface area contributed by atoms with Crippen molar-refractivity contribution in [1.82, 2.24) is 9.88 Å². The molecule has 1 aromatic rings. The lowest BCUT2D eigenvalue weighted by molar-refractivity contribution is -0.141. The van der Waals surface area contributed by atoms with Crippen LogP contribution in [0.1, 0.15) is 32.8 Å². The van der Waals surface area contributed by atoms with Crippen LogP contribution in [0.4, 0.5) is 0 Å². The second-order valence-corrected chi connectivity index (χ2v) is 5.10. The average Bonchev–Trinajstić information content (AvgIpc) is 2.36. The molecule has 4 heteroatoms. The topological polar surface area (TPSA) is 59.2 Å². The summed E-state index contributed by atoms with van der Waals surface area (Å²) in [6, 6.07) is 3.87. The van der Waals surface area contributed by atoms with E-state index in [2.05, 4.69) is 4.98 Å². The van der Waals surface area contributed by atoms with Gasteiger partial charge in [0.1, 0.15) is 0 Å². The molecule has 0 fully saturated rings. The van der Waals surface area contributed by atoms with Gasteiger partial charge in [-0.1, -0.05) is 13.8 Å². The van der Waals surface area contributed by atoms with Gasteiger partial charge in [0.15, 0.2) is 0 Å². The second kappa shape index (κ2) is 6.50. The van der Waals surface area contributed by atoms with Crippen LogP contribution in [0.2, 0.25) is 0 Å². The van der Waals surface area contributed by atoms with Crippen LogP contribution < -0.4 is 5.73 Å². The minimum atomic E-state index is -0.391. The van der Waals surface area contributed by atoms with Gasteiger partial charge in [0.25, 0.3) is 0 Å². The van der Waals surface area contributed by atoms with Gasteiger partial charge < -0.3 is 10.6 Å². The predicted molar refractivity (Wildman–Crippen MR) is 72.8 cm³/mol. The van der Waals surface area contributed by atoms with E-state index >= 15 is 0 Å². The van der Waals surface area contributed by atoms with E-state index in [1.165, 1.54) is 0 Å². The van der Waals surface area contributed by atoms with E-state index in [0.717, 1.165) is 5.56 Å². The Labute approximate surface area is 109 Å². The molecule has 0 atom stereocenters. The Hall–Kier alpha value is -1.42. The van der Waals surface area contributed by atoms with Crippen molar-refractivity contribution in [3.05, 3.63) is 30.1 Å². The predicted octanol–water partition coefficient (Wildman–Crippen LogP) is 1.81. The summed E-state index contributed by atoms with van der Waals surface area (Å²) >= 11 is 0. The molecule has 0 unspecified atom stereocenters. The largest absolute Gasteiger partial charge is 0.338 e. The number of pyridine rings is 1. The Bertz CT molecular complexity index is 376. The van der Waals surface area contributed by atoms with E-state index in [9.17, 15) is 4.79 Å². The van der Waals surface area contributed by atoms with E-state index in [4.69, 9.17) is 5.73 Å². The number of nitrogens with zero attached hydrogens (tertiary/aromatic N) is 2. The summed E-state index contributed by atoms with van der Waals surface area (Å²) in [6.07, 6.45) is 4.20. The molecule has 1 rings (SSSR count). The van der Waals surface area contributed by atoms with Gasteiger partial charge >= 0.3 is 0 Å². The van der Waals surface area contributed by atoms with Crippen molar-refractivity contribution in [2.24, 2.45) is 11.1 Å². The third kappa shape index (κ3) is 3.81. The molecular weight excluding hydrogens is 226 g/mol. The third-order valence-corrected chi connectivity index (χ3v) is 3.14. The zero-order valence-electron chi connectivity index (χ0n) is 11.5. The molecule has 1 aromatic heterocycles. The standard InChI is InChI=1S/C14H23N3O/c1-4-17(11-12-5-9-16-10-6-12)13(18)14(2,3)7-8-15/h5-6,9-10H,4,7-8,11,15H2,1-3H3. The fourth-order valence-corrected chi connectivity index (χ4v) is 1.93. The first-order chi connectivity index (χ1) is 8.51. The van der Waals surface area contributed by atoms with Crippen LogP contribution in [-0.4, -0.2) is 28.9 Å². The molecular formula is C14H23N3O. The second-order valence-electron chi connectivity index (χ2n) is 5.10. The van der Waals surface area contributed by atoms with E-state index in [1.807, 2.05) is 37.8 Å². The maximum absolute atomic E-state index is 12.4. The quantitative estimate of drug-likeness (QED) is 0.836. The number of hydrogen-bond acceptors (Lipinski definition) is 3. The van der Waals surface area contributed by atoms with Crippen LogP contribution >= 0.6 is 0 Å². The summed E-state index contributed by atoms with van der Waals surface area (Å²) in [4.78, 5) is 18.3. The van der Waals surface area contributed by atoms with Crippen LogP contribution in [0.3, 0.4) is 0 Å². The van der Waals surface area contributed by atoms with Crippen LogP contribution in [0, 0.1) is 5.41 Å². The normalized spacial score (nSPS) is 11.3. The number of amides is 1. The van der Waals surface area contributed by atoms with Gasteiger partial charge in [-0.2, -0.15) is 0 Å². The monoisotopic (exact) mass is 249 g/mol. The molecule has 100 valence electrons. The van der Waals surface area contributed by atoms with Gasteiger partial charge in [-0.3, -0.25) is 9.78 Å². The molecule has 0 spiro atoms. The Morgan fingerprint density at radius 3 is 2.50 bits per heavy atom. The fraction of sp³-hybridized carbons (Fsp3) is 0.571. The van der Waals surface area contributed by atoms with Crippen LogP contribution in [0.15, 0.2) is 24.5 Å². The Morgan fingerprint density at radius 1 is 1.39 bits per heavy atom. The van der Waals surface area contributed by atoms with Crippen molar-refractivity contribution in [3.8, 4) is 0 Å². The Morgan fingerprint density at radius 2 is 2.00 bits per heavy atom. The molecule has 0 aliphatic rings. The molecule has 2 N–H and O–H groups in total. The number of hydrogen-bond donors (Lipinski definition) is 1. The van der Waals surface area contributed by atoms with Gasteiger partial charge in [0.2, 0.25) is 5.91 Å². The Balaban J connectivity index is 2.75. The summed E-state index contributed by atoms with van der Waals surface area (Å²) in [7, 11) is 0. The third-order valence-electron chi connectivity index (χ3n) is 3.14. The molecule has 0 aliphatic carbocycles. The SMILES string of the molecule is CCN(Cc1ccncc1)C(=O)C(C)(C)CCN. The summed E-state index contributed by atoms with van der Waals surface area (Å²) in [5, 5.41) is 0. The minimum absolute atomic E-state index is 0.160. The highest BCUT2D eigenvalue weighted by atomic mass is 16.2. The zero-order valence-corrected chi connectivity index (χ0v) is 11.5. The van der Waals surface area contributed by atoms with E-state index in [0.29, 0.717) is 26.1 Å². The molecule has 1 amide bonds. The van der Waals surface area contributed by atoms with Crippen LogP contribution in [0.5, 0.6) is 0 Å². The molecule has 0 bridgehead atoms. The van der Waals surface area contributed by atoms with Crippen molar-refractivity contribution in [2.45, 2.75) is 33.7 Å². The van der Waals surface area contributed by atoms with Crippen LogP contribution in [-0.2, 0) is 11.3 Å². The lowest BCUT2D eigenvalue weighted by Crippen LogP contribution is -2.41. The molecule has 0 aromatic carbocycles. The number of carbonyl (C=O) groups is 1. The first-order valence-corrected chi connectivity index (χ1v) is 6.39. The number of rotatable bonds is 6. The summed E-state index contributed by atoms with van der Waals surface area (Å²) < 4.78 is 0. The van der Waals surface area contributed by atoms with Gasteiger partial charge in [0, 0.05) is 30.9 Å². The fourth-order valence-electron chi connectivity index (χ4n) is 1.93. The van der Waals surface area contributed by atoms with Gasteiger partial charge in [-0.25, -0.2) is 0 Å². The van der Waals surface area contributed by atoms with Crippen molar-refractivity contribution in [1.29, 1.82) is 0 Å². The molecule has 18 heavy (non-hydrogen) atoms. The minimum Gasteiger partial charge on any atom is -0.338 e. The Kier molecular flexibility index (Phi) is 5.28. The van der Waals surface area contributed by atoms with E-state index < -0.39 is 5.41 Å². The van der Waals surface area contributed by atoms with Crippen molar-refractivity contribution in [2.75, 3.05) is 13.1 Å². The maximum atomic E-state index is 12.4. The first-order valence-electron chi connectivity index (χ1n) is 6.39. The molecule has 4 nitrogen and oxygen atoms in total.